The van der Waals surface area contributed by atoms with Gasteiger partial charge in [-0.1, -0.05) is 66.5 Å². The Kier molecular flexibility index (Phi) is 10.7. The molecular formula is C24H30Cl2N2O2S. The van der Waals surface area contributed by atoms with Crippen molar-refractivity contribution in [1.29, 1.82) is 0 Å². The summed E-state index contributed by atoms with van der Waals surface area (Å²) >= 11 is 14.4. The van der Waals surface area contributed by atoms with Crippen LogP contribution in [0.5, 0.6) is 0 Å². The summed E-state index contributed by atoms with van der Waals surface area (Å²) in [6.45, 7) is 5.91. The number of benzene rings is 2. The number of hydrogen-bond donors (Lipinski definition) is 1. The number of carbonyl (C=O) groups is 2. The van der Waals surface area contributed by atoms with Gasteiger partial charge in [-0.15, -0.1) is 0 Å². The normalized spacial score (nSPS) is 11.9. The molecule has 0 spiro atoms. The zero-order valence-corrected chi connectivity index (χ0v) is 20.6. The maximum absolute atomic E-state index is 13.2. The van der Waals surface area contributed by atoms with Crippen LogP contribution in [0.1, 0.15) is 44.7 Å². The summed E-state index contributed by atoms with van der Waals surface area (Å²) in [5, 5.41) is 3.91. The summed E-state index contributed by atoms with van der Waals surface area (Å²) in [5.74, 6) is 1.27. The van der Waals surface area contributed by atoms with Crippen molar-refractivity contribution in [3.8, 4) is 0 Å². The van der Waals surface area contributed by atoms with Crippen molar-refractivity contribution in [1.82, 2.24) is 10.2 Å². The third-order valence-corrected chi connectivity index (χ3v) is 6.52. The van der Waals surface area contributed by atoms with E-state index in [1.807, 2.05) is 39.0 Å². The van der Waals surface area contributed by atoms with Crippen molar-refractivity contribution >= 4 is 46.8 Å². The standard InChI is InChI=1S/C24H30Cl2N2O2S/c1-4-22(24(30)27-17(2)3)28(15-19-20(25)11-8-12-21(19)26)23(29)13-14-31-16-18-9-6-5-7-10-18/h5-12,17,22H,4,13-16H2,1-3H3,(H,27,30). The fourth-order valence-corrected chi connectivity index (χ4v) is 4.63. The second-order valence-corrected chi connectivity index (χ2v) is 9.52. The van der Waals surface area contributed by atoms with Gasteiger partial charge in [0, 0.05) is 46.1 Å². The molecule has 0 aliphatic rings. The molecule has 2 rings (SSSR count). The highest BCUT2D eigenvalue weighted by atomic mass is 35.5. The minimum Gasteiger partial charge on any atom is -0.352 e. The SMILES string of the molecule is CCC(C(=O)NC(C)C)N(Cc1c(Cl)cccc1Cl)C(=O)CCSCc1ccccc1. The predicted octanol–water partition coefficient (Wildman–Crippen LogP) is 5.95. The van der Waals surface area contributed by atoms with E-state index in [9.17, 15) is 9.59 Å². The monoisotopic (exact) mass is 480 g/mol. The molecule has 2 amide bonds. The van der Waals surface area contributed by atoms with E-state index in [0.717, 1.165) is 5.75 Å². The molecule has 1 unspecified atom stereocenters. The van der Waals surface area contributed by atoms with Crippen molar-refractivity contribution in [2.24, 2.45) is 0 Å². The van der Waals surface area contributed by atoms with Crippen LogP contribution in [0.15, 0.2) is 48.5 Å². The minimum absolute atomic E-state index is 0.0103. The van der Waals surface area contributed by atoms with Crippen LogP contribution in [0.4, 0.5) is 0 Å². The van der Waals surface area contributed by atoms with Gasteiger partial charge in [0.05, 0.1) is 0 Å². The third kappa shape index (κ3) is 8.06. The first kappa shape index (κ1) is 25.6. The van der Waals surface area contributed by atoms with Crippen LogP contribution in [0.25, 0.3) is 0 Å². The number of nitrogens with zero attached hydrogens (tertiary/aromatic N) is 1. The van der Waals surface area contributed by atoms with E-state index in [1.165, 1.54) is 5.56 Å². The Morgan fingerprint density at radius 1 is 1.03 bits per heavy atom. The van der Waals surface area contributed by atoms with E-state index in [0.29, 0.717) is 34.2 Å². The average Bonchev–Trinajstić information content (AvgIpc) is 2.73. The maximum atomic E-state index is 13.2. The van der Waals surface area contributed by atoms with Gasteiger partial charge in [0.25, 0.3) is 0 Å². The van der Waals surface area contributed by atoms with Crippen LogP contribution < -0.4 is 5.32 Å². The van der Waals surface area contributed by atoms with Crippen molar-refractivity contribution in [2.75, 3.05) is 5.75 Å². The van der Waals surface area contributed by atoms with E-state index in [-0.39, 0.29) is 24.4 Å². The van der Waals surface area contributed by atoms with Crippen LogP contribution in [-0.2, 0) is 21.9 Å². The van der Waals surface area contributed by atoms with Gasteiger partial charge >= 0.3 is 0 Å². The lowest BCUT2D eigenvalue weighted by molar-refractivity contribution is -0.141. The molecule has 0 saturated heterocycles. The minimum atomic E-state index is -0.582. The summed E-state index contributed by atoms with van der Waals surface area (Å²) in [6.07, 6.45) is 0.842. The zero-order chi connectivity index (χ0) is 22.8. The Hall–Kier alpha value is -1.69. The maximum Gasteiger partial charge on any atom is 0.243 e. The second kappa shape index (κ2) is 13.0. The van der Waals surface area contributed by atoms with Gasteiger partial charge in [0.2, 0.25) is 11.8 Å². The molecule has 2 aromatic carbocycles. The summed E-state index contributed by atoms with van der Waals surface area (Å²) in [4.78, 5) is 27.7. The van der Waals surface area contributed by atoms with Crippen molar-refractivity contribution in [2.45, 2.75) is 58.0 Å². The molecule has 0 saturated carbocycles. The quantitative estimate of drug-likeness (QED) is 0.404. The fourth-order valence-electron chi connectivity index (χ4n) is 3.22. The molecule has 1 atom stereocenters. The summed E-state index contributed by atoms with van der Waals surface area (Å²) in [5.41, 5.74) is 1.88. The molecule has 0 fully saturated rings. The van der Waals surface area contributed by atoms with Crippen molar-refractivity contribution in [3.63, 3.8) is 0 Å². The topological polar surface area (TPSA) is 49.4 Å². The molecule has 7 heteroatoms. The third-order valence-electron chi connectivity index (χ3n) is 4.78. The highest BCUT2D eigenvalue weighted by molar-refractivity contribution is 7.98. The molecular weight excluding hydrogens is 451 g/mol. The molecule has 168 valence electrons. The molecule has 0 radical (unpaired) electrons. The van der Waals surface area contributed by atoms with Crippen LogP contribution in [0.3, 0.4) is 0 Å². The number of rotatable bonds is 11. The first-order chi connectivity index (χ1) is 14.8. The number of halogens is 2. The molecule has 4 nitrogen and oxygen atoms in total. The van der Waals surface area contributed by atoms with Crippen LogP contribution in [-0.4, -0.2) is 34.6 Å². The highest BCUT2D eigenvalue weighted by Gasteiger charge is 2.29. The Morgan fingerprint density at radius 3 is 2.26 bits per heavy atom. The molecule has 1 N–H and O–H groups in total. The highest BCUT2D eigenvalue weighted by Crippen LogP contribution is 2.27. The van der Waals surface area contributed by atoms with E-state index >= 15 is 0 Å². The Labute approximate surface area is 199 Å². The zero-order valence-electron chi connectivity index (χ0n) is 18.2. The van der Waals surface area contributed by atoms with Crippen LogP contribution in [0.2, 0.25) is 10.0 Å². The van der Waals surface area contributed by atoms with Crippen molar-refractivity contribution < 1.29 is 9.59 Å². The smallest absolute Gasteiger partial charge is 0.243 e. The number of amides is 2. The van der Waals surface area contributed by atoms with Gasteiger partial charge < -0.3 is 10.2 Å². The molecule has 0 bridgehead atoms. The van der Waals surface area contributed by atoms with E-state index in [4.69, 9.17) is 23.2 Å². The largest absolute Gasteiger partial charge is 0.352 e. The van der Waals surface area contributed by atoms with E-state index < -0.39 is 6.04 Å². The first-order valence-electron chi connectivity index (χ1n) is 10.5. The van der Waals surface area contributed by atoms with E-state index in [1.54, 1.807) is 34.9 Å². The fraction of sp³-hybridized carbons (Fsp3) is 0.417. The predicted molar refractivity (Wildman–Crippen MR) is 132 cm³/mol. The lowest BCUT2D eigenvalue weighted by Gasteiger charge is -2.31. The van der Waals surface area contributed by atoms with Gasteiger partial charge in [0.15, 0.2) is 0 Å². The van der Waals surface area contributed by atoms with Crippen LogP contribution in [0, 0.1) is 0 Å². The average molecular weight is 481 g/mol. The molecule has 0 heterocycles. The second-order valence-electron chi connectivity index (χ2n) is 7.60. The van der Waals surface area contributed by atoms with Crippen LogP contribution >= 0.6 is 35.0 Å². The Balaban J connectivity index is 2.13. The lowest BCUT2D eigenvalue weighted by Crippen LogP contribution is -2.50. The van der Waals surface area contributed by atoms with Crippen molar-refractivity contribution in [3.05, 3.63) is 69.7 Å². The summed E-state index contributed by atoms with van der Waals surface area (Å²) in [7, 11) is 0. The Bertz CT molecular complexity index is 842. The molecule has 0 aliphatic carbocycles. The van der Waals surface area contributed by atoms with Gasteiger partial charge in [0.1, 0.15) is 6.04 Å². The van der Waals surface area contributed by atoms with E-state index in [2.05, 4.69) is 17.4 Å². The number of nitrogens with one attached hydrogen (secondary N) is 1. The molecule has 2 aromatic rings. The van der Waals surface area contributed by atoms with Gasteiger partial charge in [-0.3, -0.25) is 9.59 Å². The number of carbonyl (C=O) groups excluding carboxylic acids is 2. The van der Waals surface area contributed by atoms with Gasteiger partial charge in [-0.05, 0) is 38.0 Å². The summed E-state index contributed by atoms with van der Waals surface area (Å²) in [6, 6.07) is 14.8. The number of hydrogen-bond acceptors (Lipinski definition) is 3. The summed E-state index contributed by atoms with van der Waals surface area (Å²) < 4.78 is 0. The molecule has 0 aliphatic heterocycles. The molecule has 0 aromatic heterocycles. The Morgan fingerprint density at radius 2 is 1.68 bits per heavy atom. The lowest BCUT2D eigenvalue weighted by atomic mass is 10.1. The molecule has 31 heavy (non-hydrogen) atoms. The number of thioether (sulfide) groups is 1. The van der Waals surface area contributed by atoms with Gasteiger partial charge in [-0.25, -0.2) is 0 Å². The van der Waals surface area contributed by atoms with Gasteiger partial charge in [-0.2, -0.15) is 11.8 Å². The first-order valence-corrected chi connectivity index (χ1v) is 12.4.